The van der Waals surface area contributed by atoms with Gasteiger partial charge in [0.05, 0.1) is 30.1 Å². The summed E-state index contributed by atoms with van der Waals surface area (Å²) in [6, 6.07) is 22.4. The number of hydrogen-bond donors (Lipinski definition) is 4. The Kier molecular flexibility index (Phi) is 12.3. The van der Waals surface area contributed by atoms with Crippen molar-refractivity contribution in [2.24, 2.45) is 5.92 Å². The number of likely N-dealkylation sites (tertiary alicyclic amines) is 1. The van der Waals surface area contributed by atoms with Crippen molar-refractivity contribution in [2.45, 2.75) is 44.4 Å². The number of carbonyl (C=O) groups excluding carboxylic acids is 2. The summed E-state index contributed by atoms with van der Waals surface area (Å²) in [6.07, 6.45) is 2.82. The SMILES string of the molecule is CC(NC(=O)c1cc(C(=O)NC(Cc2ccccc2)C(O)CNCC2CCCN(C)C2)cc(N(C)S(C)(=O)=O)c1)c1ccccc1. The highest BCUT2D eigenvalue weighted by Gasteiger charge is 2.26. The van der Waals surface area contributed by atoms with Crippen LogP contribution < -0.4 is 20.3 Å². The van der Waals surface area contributed by atoms with Gasteiger partial charge >= 0.3 is 0 Å². The highest BCUT2D eigenvalue weighted by molar-refractivity contribution is 7.92. The summed E-state index contributed by atoms with van der Waals surface area (Å²) in [7, 11) is -0.196. The maximum Gasteiger partial charge on any atom is 0.251 e. The van der Waals surface area contributed by atoms with Crippen molar-refractivity contribution in [3.63, 3.8) is 0 Å². The second-order valence-corrected chi connectivity index (χ2v) is 14.4. The van der Waals surface area contributed by atoms with E-state index >= 15 is 0 Å². The summed E-state index contributed by atoms with van der Waals surface area (Å²) in [4.78, 5) is 29.5. The minimum atomic E-state index is -3.69. The Hall–Kier alpha value is -3.77. The van der Waals surface area contributed by atoms with E-state index in [1.54, 1.807) is 0 Å². The van der Waals surface area contributed by atoms with Crippen LogP contribution in [0.2, 0.25) is 0 Å². The summed E-state index contributed by atoms with van der Waals surface area (Å²) in [5.41, 5.74) is 2.27. The van der Waals surface area contributed by atoms with E-state index in [1.165, 1.54) is 25.2 Å². The first-order chi connectivity index (χ1) is 21.9. The Balaban J connectivity index is 1.55. The van der Waals surface area contributed by atoms with Gasteiger partial charge in [-0.3, -0.25) is 13.9 Å². The van der Waals surface area contributed by atoms with Crippen molar-refractivity contribution in [2.75, 3.05) is 50.8 Å². The fourth-order valence-corrected chi connectivity index (χ4v) is 6.26. The Morgan fingerprint density at radius 3 is 2.20 bits per heavy atom. The molecule has 3 aromatic carbocycles. The molecule has 1 heterocycles. The molecule has 0 saturated carbocycles. The largest absolute Gasteiger partial charge is 0.390 e. The molecule has 4 unspecified atom stereocenters. The Morgan fingerprint density at radius 2 is 1.59 bits per heavy atom. The molecular formula is C35H47N5O5S. The second kappa shape index (κ2) is 16.2. The van der Waals surface area contributed by atoms with Crippen LogP contribution in [-0.2, 0) is 16.4 Å². The van der Waals surface area contributed by atoms with Gasteiger partial charge in [-0.1, -0.05) is 60.7 Å². The van der Waals surface area contributed by atoms with E-state index < -0.39 is 34.0 Å². The average Bonchev–Trinajstić information content (AvgIpc) is 3.04. The third-order valence-corrected chi connectivity index (χ3v) is 9.74. The average molecular weight is 650 g/mol. The lowest BCUT2D eigenvalue weighted by Crippen LogP contribution is -2.49. The first kappa shape index (κ1) is 35.1. The molecule has 3 aromatic rings. The molecule has 10 nitrogen and oxygen atoms in total. The van der Waals surface area contributed by atoms with Crippen LogP contribution in [0.5, 0.6) is 0 Å². The van der Waals surface area contributed by atoms with Crippen LogP contribution in [0.3, 0.4) is 0 Å². The fourth-order valence-electron chi connectivity index (χ4n) is 5.77. The Labute approximate surface area is 273 Å². The normalized spacial score (nSPS) is 17.5. The molecule has 1 aliphatic rings. The molecule has 4 N–H and O–H groups in total. The first-order valence-corrected chi connectivity index (χ1v) is 17.6. The minimum absolute atomic E-state index is 0.106. The standard InChI is InChI=1S/C35H47N5O5S/c1-25(28-15-9-6-10-16-28)37-34(42)29-19-30(21-31(20-29)40(3)46(4,44)45)35(43)38-32(18-26-12-7-5-8-13-26)33(41)23-36-22-27-14-11-17-39(2)24-27/h5-10,12-13,15-16,19-21,25,27,32-33,36,41H,11,14,17-18,22-24H2,1-4H3,(H,37,42)(H,38,43). The van der Waals surface area contributed by atoms with Gasteiger partial charge in [0.25, 0.3) is 11.8 Å². The number of hydrogen-bond acceptors (Lipinski definition) is 7. The smallest absolute Gasteiger partial charge is 0.251 e. The molecule has 2 amide bonds. The molecule has 46 heavy (non-hydrogen) atoms. The van der Waals surface area contributed by atoms with E-state index in [0.717, 1.165) is 54.2 Å². The molecule has 0 radical (unpaired) electrons. The number of nitrogens with zero attached hydrogens (tertiary/aromatic N) is 2. The molecule has 0 aliphatic carbocycles. The van der Waals surface area contributed by atoms with E-state index in [2.05, 4.69) is 27.9 Å². The van der Waals surface area contributed by atoms with Crippen LogP contribution in [-0.4, -0.2) is 88.9 Å². The van der Waals surface area contributed by atoms with Crippen molar-refractivity contribution >= 4 is 27.5 Å². The van der Waals surface area contributed by atoms with Gasteiger partial charge in [-0.05, 0) is 81.6 Å². The monoisotopic (exact) mass is 649 g/mol. The van der Waals surface area contributed by atoms with E-state index in [0.29, 0.717) is 18.9 Å². The maximum absolute atomic E-state index is 13.8. The molecular weight excluding hydrogens is 602 g/mol. The highest BCUT2D eigenvalue weighted by atomic mass is 32.2. The van der Waals surface area contributed by atoms with Gasteiger partial charge < -0.3 is 26.0 Å². The lowest BCUT2D eigenvalue weighted by atomic mass is 9.97. The number of aliphatic hydroxyl groups is 1. The van der Waals surface area contributed by atoms with Crippen LogP contribution in [0, 0.1) is 5.92 Å². The van der Waals surface area contributed by atoms with Gasteiger partial charge in [-0.15, -0.1) is 0 Å². The van der Waals surface area contributed by atoms with Crippen LogP contribution in [0.15, 0.2) is 78.9 Å². The van der Waals surface area contributed by atoms with E-state index in [-0.39, 0.29) is 22.9 Å². The topological polar surface area (TPSA) is 131 Å². The molecule has 248 valence electrons. The first-order valence-electron chi connectivity index (χ1n) is 15.8. The lowest BCUT2D eigenvalue weighted by molar-refractivity contribution is 0.0825. The summed E-state index contributed by atoms with van der Waals surface area (Å²) in [5, 5.41) is 20.6. The van der Waals surface area contributed by atoms with Crippen LogP contribution in [0.1, 0.15) is 57.7 Å². The van der Waals surface area contributed by atoms with Crippen molar-refractivity contribution in [1.29, 1.82) is 0 Å². The number of carbonyl (C=O) groups is 2. The highest BCUT2D eigenvalue weighted by Crippen LogP contribution is 2.22. The quantitative estimate of drug-likeness (QED) is 0.211. The van der Waals surface area contributed by atoms with Crippen molar-refractivity contribution in [3.05, 3.63) is 101 Å². The number of sulfonamides is 1. The lowest BCUT2D eigenvalue weighted by Gasteiger charge is -2.30. The summed E-state index contributed by atoms with van der Waals surface area (Å²) in [5.74, 6) is -0.479. The van der Waals surface area contributed by atoms with Gasteiger partial charge in [-0.25, -0.2) is 8.42 Å². The minimum Gasteiger partial charge on any atom is -0.390 e. The predicted molar refractivity (Wildman–Crippen MR) is 183 cm³/mol. The number of anilines is 1. The van der Waals surface area contributed by atoms with Gasteiger partial charge in [0.15, 0.2) is 0 Å². The van der Waals surface area contributed by atoms with Gasteiger partial charge in [-0.2, -0.15) is 0 Å². The van der Waals surface area contributed by atoms with E-state index in [1.807, 2.05) is 67.6 Å². The molecule has 0 aromatic heterocycles. The molecule has 4 rings (SSSR count). The van der Waals surface area contributed by atoms with Gasteiger partial charge in [0, 0.05) is 31.3 Å². The number of benzene rings is 3. The number of amides is 2. The zero-order valence-electron chi connectivity index (χ0n) is 27.1. The van der Waals surface area contributed by atoms with Gasteiger partial charge in [0.2, 0.25) is 10.0 Å². The zero-order chi connectivity index (χ0) is 33.3. The third kappa shape index (κ3) is 10.1. The van der Waals surface area contributed by atoms with Crippen LogP contribution >= 0.6 is 0 Å². The number of rotatable bonds is 14. The Morgan fingerprint density at radius 1 is 0.978 bits per heavy atom. The molecule has 11 heteroatoms. The van der Waals surface area contributed by atoms with Crippen molar-refractivity contribution in [3.8, 4) is 0 Å². The van der Waals surface area contributed by atoms with Crippen molar-refractivity contribution in [1.82, 2.24) is 20.9 Å². The molecule has 4 atom stereocenters. The Bertz CT molecular complexity index is 1550. The van der Waals surface area contributed by atoms with Crippen LogP contribution in [0.25, 0.3) is 0 Å². The number of aliphatic hydroxyl groups excluding tert-OH is 1. The summed E-state index contributed by atoms with van der Waals surface area (Å²) < 4.78 is 25.9. The molecule has 0 bridgehead atoms. The van der Waals surface area contributed by atoms with Gasteiger partial charge in [0.1, 0.15) is 0 Å². The summed E-state index contributed by atoms with van der Waals surface area (Å²) in [6.45, 7) is 5.02. The number of piperidine rings is 1. The molecule has 1 aliphatic heterocycles. The zero-order valence-corrected chi connectivity index (χ0v) is 28.0. The second-order valence-electron chi connectivity index (χ2n) is 12.4. The molecule has 1 saturated heterocycles. The van der Waals surface area contributed by atoms with E-state index in [4.69, 9.17) is 0 Å². The fraction of sp³-hybridized carbons (Fsp3) is 0.429. The molecule has 0 spiro atoms. The maximum atomic E-state index is 13.8. The van der Waals surface area contributed by atoms with Crippen molar-refractivity contribution < 1.29 is 23.1 Å². The summed E-state index contributed by atoms with van der Waals surface area (Å²) >= 11 is 0. The third-order valence-electron chi connectivity index (χ3n) is 8.54. The predicted octanol–water partition coefficient (Wildman–Crippen LogP) is 3.21. The number of nitrogens with one attached hydrogen (secondary N) is 3. The van der Waals surface area contributed by atoms with E-state index in [9.17, 15) is 23.1 Å². The van der Waals surface area contributed by atoms with Crippen LogP contribution in [0.4, 0.5) is 5.69 Å². The molecule has 1 fully saturated rings.